The lowest BCUT2D eigenvalue weighted by Crippen LogP contribution is -2.40. The number of morpholine rings is 1. The van der Waals surface area contributed by atoms with Crippen LogP contribution in [0.5, 0.6) is 5.75 Å². The van der Waals surface area contributed by atoms with E-state index >= 15 is 0 Å². The molecule has 2 saturated heterocycles. The molecule has 1 aromatic rings. The molecule has 29 heavy (non-hydrogen) atoms. The molecule has 0 atom stereocenters. The first kappa shape index (κ1) is 19.9. The first-order valence-electron chi connectivity index (χ1n) is 10.5. The third-order valence-corrected chi connectivity index (χ3v) is 5.90. The maximum atomic E-state index is 13.3. The van der Waals surface area contributed by atoms with Crippen LogP contribution >= 0.6 is 0 Å². The summed E-state index contributed by atoms with van der Waals surface area (Å²) in [7, 11) is 1.62. The maximum absolute atomic E-state index is 13.3. The van der Waals surface area contributed by atoms with Gasteiger partial charge in [-0.2, -0.15) is 0 Å². The van der Waals surface area contributed by atoms with Gasteiger partial charge in [-0.3, -0.25) is 19.4 Å². The van der Waals surface area contributed by atoms with Crippen LogP contribution in [0.25, 0.3) is 5.57 Å². The van der Waals surface area contributed by atoms with Gasteiger partial charge in [-0.05, 0) is 37.0 Å². The minimum Gasteiger partial charge on any atom is -0.497 e. The average molecular weight is 399 g/mol. The molecule has 4 rings (SSSR count). The predicted octanol–water partition coefficient (Wildman–Crippen LogP) is 1.59. The molecule has 156 valence electrons. The van der Waals surface area contributed by atoms with Crippen molar-refractivity contribution in [2.45, 2.75) is 19.3 Å². The van der Waals surface area contributed by atoms with E-state index in [9.17, 15) is 9.59 Å². The number of rotatable bonds is 7. The molecule has 0 bridgehead atoms. The van der Waals surface area contributed by atoms with Crippen molar-refractivity contribution in [1.82, 2.24) is 14.7 Å². The Morgan fingerprint density at radius 2 is 1.62 bits per heavy atom. The fourth-order valence-corrected chi connectivity index (χ4v) is 4.30. The SMILES string of the molecule is COc1ccc(C2=C(N3CCCC3)C(=O)N(CCCN3CCOCC3)C2=O)cc1. The van der Waals surface area contributed by atoms with Gasteiger partial charge < -0.3 is 14.4 Å². The van der Waals surface area contributed by atoms with Crippen LogP contribution in [-0.4, -0.2) is 86.1 Å². The molecule has 3 aliphatic heterocycles. The highest BCUT2D eigenvalue weighted by atomic mass is 16.5. The van der Waals surface area contributed by atoms with Crippen LogP contribution in [0, 0.1) is 0 Å². The second kappa shape index (κ2) is 8.97. The van der Waals surface area contributed by atoms with Gasteiger partial charge in [0.2, 0.25) is 0 Å². The van der Waals surface area contributed by atoms with E-state index in [0.717, 1.165) is 76.5 Å². The number of ether oxygens (including phenoxy) is 2. The van der Waals surface area contributed by atoms with Crippen molar-refractivity contribution in [3.8, 4) is 5.75 Å². The highest BCUT2D eigenvalue weighted by molar-refractivity contribution is 6.35. The van der Waals surface area contributed by atoms with Crippen LogP contribution in [-0.2, 0) is 14.3 Å². The third kappa shape index (κ3) is 4.16. The Hall–Kier alpha value is -2.38. The number of nitrogens with zero attached hydrogens (tertiary/aromatic N) is 3. The van der Waals surface area contributed by atoms with Crippen molar-refractivity contribution in [3.63, 3.8) is 0 Å². The largest absolute Gasteiger partial charge is 0.497 e. The van der Waals surface area contributed by atoms with Gasteiger partial charge in [0.15, 0.2) is 0 Å². The summed E-state index contributed by atoms with van der Waals surface area (Å²) in [6.07, 6.45) is 2.89. The zero-order chi connectivity index (χ0) is 20.2. The lowest BCUT2D eigenvalue weighted by Gasteiger charge is -2.27. The monoisotopic (exact) mass is 399 g/mol. The van der Waals surface area contributed by atoms with E-state index in [1.807, 2.05) is 24.3 Å². The molecule has 3 heterocycles. The fraction of sp³-hybridized carbons (Fsp3) is 0.545. The molecule has 0 unspecified atom stereocenters. The smallest absolute Gasteiger partial charge is 0.277 e. The van der Waals surface area contributed by atoms with Crippen molar-refractivity contribution >= 4 is 17.4 Å². The van der Waals surface area contributed by atoms with E-state index in [1.54, 1.807) is 7.11 Å². The van der Waals surface area contributed by atoms with Gasteiger partial charge in [-0.1, -0.05) is 12.1 Å². The van der Waals surface area contributed by atoms with Gasteiger partial charge in [-0.25, -0.2) is 0 Å². The molecule has 7 heteroatoms. The van der Waals surface area contributed by atoms with Crippen molar-refractivity contribution < 1.29 is 19.1 Å². The summed E-state index contributed by atoms with van der Waals surface area (Å²) in [6.45, 7) is 6.31. The molecule has 0 radical (unpaired) electrons. The summed E-state index contributed by atoms with van der Waals surface area (Å²) in [5, 5.41) is 0. The Morgan fingerprint density at radius 1 is 0.931 bits per heavy atom. The summed E-state index contributed by atoms with van der Waals surface area (Å²) in [5.74, 6) is 0.407. The van der Waals surface area contributed by atoms with Gasteiger partial charge in [-0.15, -0.1) is 0 Å². The Morgan fingerprint density at radius 3 is 2.28 bits per heavy atom. The van der Waals surface area contributed by atoms with Gasteiger partial charge >= 0.3 is 0 Å². The van der Waals surface area contributed by atoms with E-state index in [0.29, 0.717) is 17.8 Å². The van der Waals surface area contributed by atoms with Gasteiger partial charge in [0.1, 0.15) is 11.4 Å². The Balaban J connectivity index is 1.52. The van der Waals surface area contributed by atoms with Crippen LogP contribution in [0.2, 0.25) is 0 Å². The summed E-state index contributed by atoms with van der Waals surface area (Å²) < 4.78 is 10.6. The number of carbonyl (C=O) groups excluding carboxylic acids is 2. The lowest BCUT2D eigenvalue weighted by atomic mass is 10.0. The molecule has 3 aliphatic rings. The molecule has 0 spiro atoms. The van der Waals surface area contributed by atoms with Crippen LogP contribution < -0.4 is 4.74 Å². The number of amides is 2. The number of imide groups is 1. The summed E-state index contributed by atoms with van der Waals surface area (Å²) in [6, 6.07) is 7.41. The van der Waals surface area contributed by atoms with Gasteiger partial charge in [0, 0.05) is 39.3 Å². The third-order valence-electron chi connectivity index (χ3n) is 5.90. The molecule has 2 amide bonds. The molecular weight excluding hydrogens is 370 g/mol. The summed E-state index contributed by atoms with van der Waals surface area (Å²) in [4.78, 5) is 32.4. The topological polar surface area (TPSA) is 62.3 Å². The van der Waals surface area contributed by atoms with Crippen molar-refractivity contribution in [2.24, 2.45) is 0 Å². The number of methoxy groups -OCH3 is 1. The van der Waals surface area contributed by atoms with E-state index in [1.165, 1.54) is 4.90 Å². The van der Waals surface area contributed by atoms with E-state index in [2.05, 4.69) is 9.80 Å². The van der Waals surface area contributed by atoms with Crippen LogP contribution in [0.3, 0.4) is 0 Å². The normalized spacial score (nSPS) is 20.9. The Kier molecular flexibility index (Phi) is 6.16. The minimum absolute atomic E-state index is 0.148. The molecule has 0 aromatic heterocycles. The second-order valence-electron chi connectivity index (χ2n) is 7.72. The minimum atomic E-state index is -0.177. The number of likely N-dealkylation sites (tertiary alicyclic amines) is 1. The standard InChI is InChI=1S/C22H29N3O4/c1-28-18-7-5-17(6-8-18)19-20(24-10-2-3-11-24)22(27)25(21(19)26)12-4-9-23-13-15-29-16-14-23/h5-8H,2-4,9-16H2,1H3. The molecule has 0 N–H and O–H groups in total. The summed E-state index contributed by atoms with van der Waals surface area (Å²) >= 11 is 0. The van der Waals surface area contributed by atoms with Crippen molar-refractivity contribution in [2.75, 3.05) is 59.6 Å². The Labute approximate surface area is 171 Å². The first-order chi connectivity index (χ1) is 14.2. The lowest BCUT2D eigenvalue weighted by molar-refractivity contribution is -0.137. The van der Waals surface area contributed by atoms with Gasteiger partial charge in [0.05, 0.1) is 25.9 Å². The number of hydrogen-bond acceptors (Lipinski definition) is 6. The molecule has 1 aromatic carbocycles. The number of hydrogen-bond donors (Lipinski definition) is 0. The van der Waals surface area contributed by atoms with Crippen molar-refractivity contribution in [3.05, 3.63) is 35.5 Å². The fourth-order valence-electron chi connectivity index (χ4n) is 4.30. The quantitative estimate of drug-likeness (QED) is 0.649. The number of carbonyl (C=O) groups is 2. The van der Waals surface area contributed by atoms with E-state index in [-0.39, 0.29) is 11.8 Å². The highest BCUT2D eigenvalue weighted by Crippen LogP contribution is 2.34. The van der Waals surface area contributed by atoms with Crippen LogP contribution in [0.15, 0.2) is 30.0 Å². The van der Waals surface area contributed by atoms with Crippen LogP contribution in [0.4, 0.5) is 0 Å². The van der Waals surface area contributed by atoms with E-state index < -0.39 is 0 Å². The predicted molar refractivity (Wildman–Crippen MR) is 109 cm³/mol. The second-order valence-corrected chi connectivity index (χ2v) is 7.72. The zero-order valence-corrected chi connectivity index (χ0v) is 17.1. The summed E-state index contributed by atoms with van der Waals surface area (Å²) in [5.41, 5.74) is 1.89. The zero-order valence-electron chi connectivity index (χ0n) is 17.1. The molecular formula is C22H29N3O4. The Bertz CT molecular complexity index is 778. The van der Waals surface area contributed by atoms with Crippen LogP contribution in [0.1, 0.15) is 24.8 Å². The maximum Gasteiger partial charge on any atom is 0.277 e. The molecule has 0 saturated carbocycles. The van der Waals surface area contributed by atoms with Crippen molar-refractivity contribution in [1.29, 1.82) is 0 Å². The molecule has 0 aliphatic carbocycles. The highest BCUT2D eigenvalue weighted by Gasteiger charge is 2.41. The molecule has 2 fully saturated rings. The van der Waals surface area contributed by atoms with Gasteiger partial charge in [0.25, 0.3) is 11.8 Å². The van der Waals surface area contributed by atoms with E-state index in [4.69, 9.17) is 9.47 Å². The molecule has 7 nitrogen and oxygen atoms in total. The average Bonchev–Trinajstić information content (AvgIpc) is 3.36. The number of benzene rings is 1. The first-order valence-corrected chi connectivity index (χ1v) is 10.5.